The molecule has 3 heteroatoms. The van der Waals surface area contributed by atoms with Crippen LogP contribution in [0.1, 0.15) is 13.3 Å². The Morgan fingerprint density at radius 3 is 2.75 bits per heavy atom. The van der Waals surface area contributed by atoms with Crippen molar-refractivity contribution in [1.82, 2.24) is 0 Å². The standard InChI is InChI=1S/C9H16O3/c1-7(2)8(10)9(11-3)4-5-12-6-9/h8,10H,1,4-6H2,2-3H3. The van der Waals surface area contributed by atoms with Crippen molar-refractivity contribution in [2.75, 3.05) is 20.3 Å². The monoisotopic (exact) mass is 172 g/mol. The van der Waals surface area contributed by atoms with Crippen LogP contribution in [-0.2, 0) is 9.47 Å². The van der Waals surface area contributed by atoms with E-state index in [4.69, 9.17) is 9.47 Å². The molecule has 0 radical (unpaired) electrons. The van der Waals surface area contributed by atoms with Gasteiger partial charge in [-0.1, -0.05) is 6.58 Å². The molecule has 2 unspecified atom stereocenters. The summed E-state index contributed by atoms with van der Waals surface area (Å²) in [5.74, 6) is 0. The van der Waals surface area contributed by atoms with E-state index in [1.165, 1.54) is 0 Å². The van der Waals surface area contributed by atoms with Crippen LogP contribution in [0.15, 0.2) is 12.2 Å². The highest BCUT2D eigenvalue weighted by atomic mass is 16.6. The molecule has 0 aromatic carbocycles. The Hall–Kier alpha value is -0.380. The van der Waals surface area contributed by atoms with E-state index >= 15 is 0 Å². The molecule has 1 aliphatic rings. The van der Waals surface area contributed by atoms with Crippen molar-refractivity contribution in [3.8, 4) is 0 Å². The molecule has 2 atom stereocenters. The summed E-state index contributed by atoms with van der Waals surface area (Å²) < 4.78 is 10.5. The zero-order chi connectivity index (χ0) is 9.19. The number of methoxy groups -OCH3 is 1. The number of aliphatic hydroxyl groups excluding tert-OH is 1. The van der Waals surface area contributed by atoms with Gasteiger partial charge in [0.15, 0.2) is 0 Å². The molecule has 0 spiro atoms. The first-order chi connectivity index (χ1) is 5.62. The number of aliphatic hydroxyl groups is 1. The number of rotatable bonds is 3. The second-order valence-electron chi connectivity index (χ2n) is 3.32. The first kappa shape index (κ1) is 9.71. The molecule has 0 saturated carbocycles. The Balaban J connectivity index is 2.71. The molecule has 12 heavy (non-hydrogen) atoms. The van der Waals surface area contributed by atoms with E-state index in [9.17, 15) is 5.11 Å². The van der Waals surface area contributed by atoms with Gasteiger partial charge in [-0.05, 0) is 12.5 Å². The van der Waals surface area contributed by atoms with Crippen LogP contribution in [0.5, 0.6) is 0 Å². The molecular formula is C9H16O3. The van der Waals surface area contributed by atoms with E-state index in [1.807, 2.05) is 0 Å². The van der Waals surface area contributed by atoms with Crippen molar-refractivity contribution in [2.45, 2.75) is 25.0 Å². The summed E-state index contributed by atoms with van der Waals surface area (Å²) in [6.07, 6.45) is 0.113. The first-order valence-corrected chi connectivity index (χ1v) is 4.09. The fourth-order valence-corrected chi connectivity index (χ4v) is 1.50. The van der Waals surface area contributed by atoms with Crippen LogP contribution in [0.25, 0.3) is 0 Å². The van der Waals surface area contributed by atoms with Gasteiger partial charge in [0.25, 0.3) is 0 Å². The number of hydrogen-bond donors (Lipinski definition) is 1. The summed E-state index contributed by atoms with van der Waals surface area (Å²) in [4.78, 5) is 0. The van der Waals surface area contributed by atoms with E-state index in [1.54, 1.807) is 14.0 Å². The zero-order valence-corrected chi connectivity index (χ0v) is 7.67. The maximum Gasteiger partial charge on any atom is 0.123 e. The van der Waals surface area contributed by atoms with Crippen LogP contribution in [0.4, 0.5) is 0 Å². The molecule has 3 nitrogen and oxygen atoms in total. The number of ether oxygens (including phenoxy) is 2. The fraction of sp³-hybridized carbons (Fsp3) is 0.778. The highest BCUT2D eigenvalue weighted by Gasteiger charge is 2.42. The fourth-order valence-electron chi connectivity index (χ4n) is 1.50. The van der Waals surface area contributed by atoms with Crippen molar-refractivity contribution in [3.63, 3.8) is 0 Å². The molecule has 0 amide bonds. The van der Waals surface area contributed by atoms with Crippen molar-refractivity contribution in [2.24, 2.45) is 0 Å². The van der Waals surface area contributed by atoms with E-state index in [2.05, 4.69) is 6.58 Å². The van der Waals surface area contributed by atoms with Gasteiger partial charge in [0.05, 0.1) is 6.61 Å². The molecule has 0 aromatic rings. The molecule has 1 N–H and O–H groups in total. The summed E-state index contributed by atoms with van der Waals surface area (Å²) in [5, 5.41) is 9.77. The zero-order valence-electron chi connectivity index (χ0n) is 7.67. The molecule has 0 aromatic heterocycles. The van der Waals surface area contributed by atoms with Gasteiger partial charge in [-0.2, -0.15) is 0 Å². The SMILES string of the molecule is C=C(C)C(O)C1(OC)CCOC1. The van der Waals surface area contributed by atoms with Crippen LogP contribution in [0.2, 0.25) is 0 Å². The quantitative estimate of drug-likeness (QED) is 0.638. The summed E-state index contributed by atoms with van der Waals surface area (Å²) in [7, 11) is 1.60. The van der Waals surface area contributed by atoms with Crippen molar-refractivity contribution < 1.29 is 14.6 Å². The third-order valence-electron chi connectivity index (χ3n) is 2.39. The van der Waals surface area contributed by atoms with Gasteiger partial charge >= 0.3 is 0 Å². The average molecular weight is 172 g/mol. The van der Waals surface area contributed by atoms with E-state index in [0.29, 0.717) is 13.2 Å². The molecule has 0 bridgehead atoms. The molecule has 1 heterocycles. The van der Waals surface area contributed by atoms with Crippen LogP contribution in [0, 0.1) is 0 Å². The average Bonchev–Trinajstić information content (AvgIpc) is 2.52. The Bertz CT molecular complexity index is 171. The van der Waals surface area contributed by atoms with E-state index < -0.39 is 11.7 Å². The van der Waals surface area contributed by atoms with Crippen LogP contribution >= 0.6 is 0 Å². The van der Waals surface area contributed by atoms with E-state index in [-0.39, 0.29) is 0 Å². The highest BCUT2D eigenvalue weighted by molar-refractivity contribution is 5.09. The minimum atomic E-state index is -0.620. The molecule has 0 aliphatic carbocycles. The third kappa shape index (κ3) is 1.53. The normalized spacial score (nSPS) is 31.9. The van der Waals surface area contributed by atoms with E-state index in [0.717, 1.165) is 12.0 Å². The van der Waals surface area contributed by atoms with Gasteiger partial charge < -0.3 is 14.6 Å². The lowest BCUT2D eigenvalue weighted by Crippen LogP contribution is -2.45. The second kappa shape index (κ2) is 3.56. The van der Waals surface area contributed by atoms with Crippen molar-refractivity contribution in [3.05, 3.63) is 12.2 Å². The first-order valence-electron chi connectivity index (χ1n) is 4.09. The Kier molecular flexibility index (Phi) is 2.88. The predicted octanol–water partition coefficient (Wildman–Crippen LogP) is 0.729. The largest absolute Gasteiger partial charge is 0.386 e. The molecule has 1 saturated heterocycles. The topological polar surface area (TPSA) is 38.7 Å². The van der Waals surface area contributed by atoms with Gasteiger partial charge in [0.1, 0.15) is 11.7 Å². The third-order valence-corrected chi connectivity index (χ3v) is 2.39. The van der Waals surface area contributed by atoms with Crippen LogP contribution in [0.3, 0.4) is 0 Å². The molecule has 70 valence electrons. The van der Waals surface area contributed by atoms with Crippen molar-refractivity contribution >= 4 is 0 Å². The summed E-state index contributed by atoms with van der Waals surface area (Å²) >= 11 is 0. The highest BCUT2D eigenvalue weighted by Crippen LogP contribution is 2.29. The van der Waals surface area contributed by atoms with Gasteiger partial charge in [0.2, 0.25) is 0 Å². The minimum absolute atomic E-state index is 0.456. The molecule has 1 rings (SSSR count). The molecule has 1 aliphatic heterocycles. The smallest absolute Gasteiger partial charge is 0.123 e. The summed E-state index contributed by atoms with van der Waals surface area (Å²) in [6.45, 7) is 6.61. The second-order valence-corrected chi connectivity index (χ2v) is 3.32. The lowest BCUT2D eigenvalue weighted by atomic mass is 9.91. The van der Waals surface area contributed by atoms with Crippen molar-refractivity contribution in [1.29, 1.82) is 0 Å². The predicted molar refractivity (Wildman–Crippen MR) is 46.0 cm³/mol. The van der Waals surface area contributed by atoms with Gasteiger partial charge in [-0.15, -0.1) is 0 Å². The van der Waals surface area contributed by atoms with Crippen LogP contribution < -0.4 is 0 Å². The van der Waals surface area contributed by atoms with Gasteiger partial charge in [-0.25, -0.2) is 0 Å². The maximum atomic E-state index is 9.77. The summed E-state index contributed by atoms with van der Waals surface area (Å²) in [6, 6.07) is 0. The Labute approximate surface area is 73.0 Å². The molecule has 1 fully saturated rings. The minimum Gasteiger partial charge on any atom is -0.386 e. The van der Waals surface area contributed by atoms with Crippen LogP contribution in [-0.4, -0.2) is 37.1 Å². The number of hydrogen-bond acceptors (Lipinski definition) is 3. The van der Waals surface area contributed by atoms with Gasteiger partial charge in [0, 0.05) is 20.1 Å². The Morgan fingerprint density at radius 2 is 2.42 bits per heavy atom. The molecular weight excluding hydrogens is 156 g/mol. The Morgan fingerprint density at radius 1 is 1.75 bits per heavy atom. The summed E-state index contributed by atoms with van der Waals surface area (Å²) in [5.41, 5.74) is 0.175. The maximum absolute atomic E-state index is 9.77. The van der Waals surface area contributed by atoms with Gasteiger partial charge in [-0.3, -0.25) is 0 Å². The lowest BCUT2D eigenvalue weighted by Gasteiger charge is -2.31. The lowest BCUT2D eigenvalue weighted by molar-refractivity contribution is -0.0882.